The summed E-state index contributed by atoms with van der Waals surface area (Å²) in [7, 11) is 0. The molecule has 2 heterocycles. The molecule has 4 rings (SSSR count). The highest BCUT2D eigenvalue weighted by molar-refractivity contribution is 6.06. The SMILES string of the molecule is O=C(/C=C/N1CC2CCC(CC2)C1)c1ccccc1O. The monoisotopic (exact) mass is 271 g/mol. The Labute approximate surface area is 119 Å². The highest BCUT2D eigenvalue weighted by Crippen LogP contribution is 2.33. The van der Waals surface area contributed by atoms with Crippen LogP contribution in [0.5, 0.6) is 5.75 Å². The van der Waals surface area contributed by atoms with Gasteiger partial charge in [0.05, 0.1) is 5.56 Å². The molecule has 0 amide bonds. The number of aromatic hydroxyl groups is 1. The van der Waals surface area contributed by atoms with Crippen molar-refractivity contribution in [3.8, 4) is 5.75 Å². The third-order valence-electron chi connectivity index (χ3n) is 4.56. The summed E-state index contributed by atoms with van der Waals surface area (Å²) in [6.45, 7) is 2.14. The number of phenolic OH excluding ortho intramolecular Hbond substituents is 1. The summed E-state index contributed by atoms with van der Waals surface area (Å²) in [6.07, 6.45) is 8.86. The molecule has 0 atom stereocenters. The van der Waals surface area contributed by atoms with Crippen molar-refractivity contribution in [2.75, 3.05) is 13.1 Å². The lowest BCUT2D eigenvalue weighted by Gasteiger charge is -2.20. The zero-order valence-corrected chi connectivity index (χ0v) is 11.7. The van der Waals surface area contributed by atoms with Gasteiger partial charge < -0.3 is 10.0 Å². The number of ketones is 1. The Kier molecular flexibility index (Phi) is 3.77. The van der Waals surface area contributed by atoms with Gasteiger partial charge in [0, 0.05) is 25.4 Å². The average Bonchev–Trinajstić information content (AvgIpc) is 2.78. The van der Waals surface area contributed by atoms with Gasteiger partial charge in [-0.05, 0) is 49.7 Å². The number of allylic oxidation sites excluding steroid dienone is 1. The van der Waals surface area contributed by atoms with Crippen molar-refractivity contribution in [1.29, 1.82) is 0 Å². The molecule has 3 nitrogen and oxygen atoms in total. The number of carbonyl (C=O) groups excluding carboxylic acids is 1. The molecule has 2 bridgehead atoms. The van der Waals surface area contributed by atoms with Crippen LogP contribution in [0.15, 0.2) is 36.5 Å². The summed E-state index contributed by atoms with van der Waals surface area (Å²) >= 11 is 0. The Morgan fingerprint density at radius 1 is 1.10 bits per heavy atom. The predicted molar refractivity (Wildman–Crippen MR) is 78.6 cm³/mol. The number of hydrogen-bond acceptors (Lipinski definition) is 3. The first-order chi connectivity index (χ1) is 9.72. The first kappa shape index (κ1) is 13.2. The van der Waals surface area contributed by atoms with E-state index in [0.29, 0.717) is 5.56 Å². The smallest absolute Gasteiger partial charge is 0.190 e. The van der Waals surface area contributed by atoms with Crippen LogP contribution in [0, 0.1) is 11.8 Å². The highest BCUT2D eigenvalue weighted by Gasteiger charge is 2.27. The number of phenols is 1. The molecule has 20 heavy (non-hydrogen) atoms. The van der Waals surface area contributed by atoms with Crippen LogP contribution in [0.25, 0.3) is 0 Å². The van der Waals surface area contributed by atoms with Crippen molar-refractivity contribution in [2.45, 2.75) is 25.7 Å². The van der Waals surface area contributed by atoms with Crippen LogP contribution in [0.4, 0.5) is 0 Å². The van der Waals surface area contributed by atoms with Gasteiger partial charge in [0.2, 0.25) is 0 Å². The van der Waals surface area contributed by atoms with E-state index in [2.05, 4.69) is 4.90 Å². The van der Waals surface area contributed by atoms with Gasteiger partial charge in [-0.3, -0.25) is 4.79 Å². The number of hydrogen-bond donors (Lipinski definition) is 1. The van der Waals surface area contributed by atoms with E-state index in [1.54, 1.807) is 30.3 Å². The van der Waals surface area contributed by atoms with Crippen LogP contribution in [0.2, 0.25) is 0 Å². The molecule has 1 saturated carbocycles. The van der Waals surface area contributed by atoms with Gasteiger partial charge in [0.1, 0.15) is 5.75 Å². The second-order valence-corrected chi connectivity index (χ2v) is 6.04. The maximum atomic E-state index is 12.1. The lowest BCUT2D eigenvalue weighted by atomic mass is 9.84. The molecular formula is C17H21NO2. The third-order valence-corrected chi connectivity index (χ3v) is 4.56. The van der Waals surface area contributed by atoms with E-state index in [-0.39, 0.29) is 11.5 Å². The van der Waals surface area contributed by atoms with E-state index in [1.807, 2.05) is 6.20 Å². The molecule has 0 unspecified atom stereocenters. The molecule has 1 aromatic rings. The molecule has 0 aromatic heterocycles. The van der Waals surface area contributed by atoms with Crippen molar-refractivity contribution in [3.63, 3.8) is 0 Å². The Bertz CT molecular complexity index is 501. The number of fused-ring (bicyclic) bond motifs is 4. The fraction of sp³-hybridized carbons (Fsp3) is 0.471. The standard InChI is InChI=1S/C17H21NO2/c19-16-4-2-1-3-15(16)17(20)9-10-18-11-13-5-6-14(12-18)8-7-13/h1-4,9-10,13-14,19H,5-8,11-12H2/b10-9+. The minimum absolute atomic E-state index is 0.0538. The Balaban J connectivity index is 1.68. The Morgan fingerprint density at radius 3 is 2.30 bits per heavy atom. The van der Waals surface area contributed by atoms with Gasteiger partial charge >= 0.3 is 0 Å². The molecule has 106 valence electrons. The lowest BCUT2D eigenvalue weighted by molar-refractivity contribution is 0.104. The van der Waals surface area contributed by atoms with E-state index >= 15 is 0 Å². The fourth-order valence-electron chi connectivity index (χ4n) is 3.40. The average molecular weight is 271 g/mol. The minimum atomic E-state index is -0.125. The summed E-state index contributed by atoms with van der Waals surface area (Å²) in [5, 5.41) is 9.69. The van der Waals surface area contributed by atoms with E-state index in [0.717, 1.165) is 24.9 Å². The van der Waals surface area contributed by atoms with Crippen LogP contribution < -0.4 is 0 Å². The molecule has 1 aromatic carbocycles. The first-order valence-corrected chi connectivity index (χ1v) is 7.47. The summed E-state index contributed by atoms with van der Waals surface area (Å²) in [6, 6.07) is 6.70. The quantitative estimate of drug-likeness (QED) is 0.678. The molecule has 3 fully saturated rings. The summed E-state index contributed by atoms with van der Waals surface area (Å²) in [4.78, 5) is 14.4. The predicted octanol–water partition coefficient (Wildman–Crippen LogP) is 3.21. The lowest BCUT2D eigenvalue weighted by Crippen LogP contribution is -2.22. The zero-order valence-electron chi connectivity index (χ0n) is 11.7. The fourth-order valence-corrected chi connectivity index (χ4v) is 3.40. The molecule has 1 N–H and O–H groups in total. The summed E-state index contributed by atoms with van der Waals surface area (Å²) in [5.41, 5.74) is 0.376. The number of rotatable bonds is 3. The molecule has 3 aliphatic rings. The largest absolute Gasteiger partial charge is 0.507 e. The first-order valence-electron chi connectivity index (χ1n) is 7.47. The second-order valence-electron chi connectivity index (χ2n) is 6.04. The van der Waals surface area contributed by atoms with Gasteiger partial charge in [-0.2, -0.15) is 0 Å². The molecule has 3 heteroatoms. The van der Waals surface area contributed by atoms with Gasteiger partial charge in [-0.15, -0.1) is 0 Å². The van der Waals surface area contributed by atoms with E-state index in [9.17, 15) is 9.90 Å². The number of nitrogens with zero attached hydrogens (tertiary/aromatic N) is 1. The van der Waals surface area contributed by atoms with Gasteiger partial charge in [-0.25, -0.2) is 0 Å². The van der Waals surface area contributed by atoms with Gasteiger partial charge in [0.15, 0.2) is 5.78 Å². The molecular weight excluding hydrogens is 250 g/mol. The van der Waals surface area contributed by atoms with Crippen molar-refractivity contribution < 1.29 is 9.90 Å². The Hall–Kier alpha value is -1.77. The molecule has 1 aliphatic carbocycles. The van der Waals surface area contributed by atoms with E-state index in [4.69, 9.17) is 0 Å². The van der Waals surface area contributed by atoms with Gasteiger partial charge in [-0.1, -0.05) is 12.1 Å². The molecule has 2 aliphatic heterocycles. The minimum Gasteiger partial charge on any atom is -0.507 e. The van der Waals surface area contributed by atoms with Crippen LogP contribution in [-0.2, 0) is 0 Å². The van der Waals surface area contributed by atoms with Crippen molar-refractivity contribution >= 4 is 5.78 Å². The molecule has 0 spiro atoms. The van der Waals surface area contributed by atoms with Crippen molar-refractivity contribution in [2.24, 2.45) is 11.8 Å². The maximum Gasteiger partial charge on any atom is 0.190 e. The van der Waals surface area contributed by atoms with E-state index < -0.39 is 0 Å². The van der Waals surface area contributed by atoms with Gasteiger partial charge in [0.25, 0.3) is 0 Å². The third kappa shape index (κ3) is 2.87. The highest BCUT2D eigenvalue weighted by atomic mass is 16.3. The maximum absolute atomic E-state index is 12.1. The van der Waals surface area contributed by atoms with Crippen molar-refractivity contribution in [1.82, 2.24) is 4.90 Å². The normalized spacial score (nSPS) is 25.9. The van der Waals surface area contributed by atoms with Crippen LogP contribution in [0.3, 0.4) is 0 Å². The van der Waals surface area contributed by atoms with Crippen LogP contribution in [-0.4, -0.2) is 28.9 Å². The topological polar surface area (TPSA) is 40.5 Å². The summed E-state index contributed by atoms with van der Waals surface area (Å²) in [5.74, 6) is 1.51. The van der Waals surface area contributed by atoms with Crippen LogP contribution >= 0.6 is 0 Å². The van der Waals surface area contributed by atoms with Crippen molar-refractivity contribution in [3.05, 3.63) is 42.1 Å². The number of benzene rings is 1. The Morgan fingerprint density at radius 2 is 1.70 bits per heavy atom. The zero-order chi connectivity index (χ0) is 13.9. The summed E-state index contributed by atoms with van der Waals surface area (Å²) < 4.78 is 0. The van der Waals surface area contributed by atoms with E-state index in [1.165, 1.54) is 25.7 Å². The molecule has 0 radical (unpaired) electrons. The second kappa shape index (κ2) is 5.70. The van der Waals surface area contributed by atoms with Crippen LogP contribution in [0.1, 0.15) is 36.0 Å². The number of para-hydroxylation sites is 1. The molecule has 2 saturated heterocycles. The number of carbonyl (C=O) groups is 1.